The Labute approximate surface area is 798 Å². The number of aliphatic hydroxyl groups is 1. The van der Waals surface area contributed by atoms with Crippen LogP contribution in [0.5, 0.6) is 57.5 Å². The van der Waals surface area contributed by atoms with Gasteiger partial charge >= 0.3 is 17.9 Å². The smallest absolute Gasteiger partial charge is 0.308 e. The molecular formula is C94H112Br2ClN9O23S3. The maximum absolute atomic E-state index is 12.7. The third-order valence-corrected chi connectivity index (χ3v) is 28.1. The first kappa shape index (κ1) is 105. The van der Waals surface area contributed by atoms with Crippen LogP contribution in [0.15, 0.2) is 144 Å². The van der Waals surface area contributed by atoms with Crippen LogP contribution in [-0.2, 0) is 104 Å². The molecule has 132 heavy (non-hydrogen) atoms. The van der Waals surface area contributed by atoms with Crippen LogP contribution >= 0.6 is 43.5 Å². The van der Waals surface area contributed by atoms with Crippen LogP contribution in [0.2, 0.25) is 0 Å². The Kier molecular flexibility index (Phi) is 36.3. The van der Waals surface area contributed by atoms with E-state index >= 15 is 0 Å². The van der Waals surface area contributed by atoms with Crippen LogP contribution in [0.3, 0.4) is 0 Å². The van der Waals surface area contributed by atoms with E-state index in [2.05, 4.69) is 61.7 Å². The first-order chi connectivity index (χ1) is 62.5. The molecule has 0 saturated carbocycles. The van der Waals surface area contributed by atoms with E-state index in [-0.39, 0.29) is 65.5 Å². The van der Waals surface area contributed by atoms with E-state index in [1.54, 1.807) is 36.4 Å². The van der Waals surface area contributed by atoms with Crippen LogP contribution in [0, 0.1) is 34.0 Å². The quantitative estimate of drug-likeness (QED) is 0.0292. The third-order valence-electron chi connectivity index (χ3n) is 22.0. The van der Waals surface area contributed by atoms with Crippen molar-refractivity contribution in [1.82, 2.24) is 25.4 Å². The van der Waals surface area contributed by atoms with E-state index < -0.39 is 99.8 Å². The van der Waals surface area contributed by atoms with E-state index in [4.69, 9.17) is 84.2 Å². The molecule has 0 unspecified atom stereocenters. The highest BCUT2D eigenvalue weighted by molar-refractivity contribution is 9.10. The van der Waals surface area contributed by atoms with Gasteiger partial charge in [0, 0.05) is 123 Å². The van der Waals surface area contributed by atoms with Gasteiger partial charge in [-0.05, 0) is 162 Å². The number of carbonyl (C=O) groups is 6. The SMILES string of the molecule is CC(C)(C)[S@](=O)N=C1CCOc2cc(Br)ccc21.CCOc1ccc2c(c1)OCC[C@@]21CC(Cl)=C(C#N)C(=O)N1.CCOc1ccc2c(c1)OCC[C@@]21CC(O)=C(C#N)C(=O)N1.CCOc1ccc2c(c1)OCC[C@]2(CC(=O)OC)NC(=O)CC#N.COC(=O)C[C@]1(N[S@@](=O)C(C)(C)C)CCOc2cc(Br)ccc21.COC(=O)C[C@]1(N[S@@](=O)C(C)(C)C)CCOc2cc(O)ccc21. The van der Waals surface area contributed by atoms with Crippen molar-refractivity contribution in [3.05, 3.63) is 173 Å². The number of benzene rings is 6. The van der Waals surface area contributed by atoms with Crippen LogP contribution < -0.4 is 68.0 Å². The highest BCUT2D eigenvalue weighted by atomic mass is 79.9. The first-order valence-corrected chi connectivity index (χ1v) is 47.9. The molecule has 0 aromatic heterocycles. The van der Waals surface area contributed by atoms with Crippen molar-refractivity contribution in [3.63, 3.8) is 0 Å². The molecule has 0 fully saturated rings. The summed E-state index contributed by atoms with van der Waals surface area (Å²) in [5.74, 6) is 3.19. The van der Waals surface area contributed by atoms with Gasteiger partial charge in [0.15, 0.2) is 5.57 Å². The lowest BCUT2D eigenvalue weighted by atomic mass is 9.78. The number of aliphatic hydroxyl groups excluding tert-OH is 1. The number of fused-ring (bicyclic) bond motifs is 8. The second-order valence-electron chi connectivity index (χ2n) is 34.3. The predicted octanol–water partition coefficient (Wildman–Crippen LogP) is 14.7. The number of nitrogens with one attached hydrogen (secondary N) is 5. The second-order valence-corrected chi connectivity index (χ2v) is 42.5. The lowest BCUT2D eigenvalue weighted by Gasteiger charge is -2.41. The molecule has 38 heteroatoms. The Morgan fingerprint density at radius 1 is 0.500 bits per heavy atom. The van der Waals surface area contributed by atoms with Crippen molar-refractivity contribution >= 4 is 118 Å². The second kappa shape index (κ2) is 45.7. The Bertz CT molecular complexity index is 5370. The van der Waals surface area contributed by atoms with Crippen molar-refractivity contribution in [3.8, 4) is 75.7 Å². The number of methoxy groups -OCH3 is 3. The summed E-state index contributed by atoms with van der Waals surface area (Å²) >= 11 is 13.0. The van der Waals surface area contributed by atoms with Gasteiger partial charge in [0.25, 0.3) is 11.8 Å². The number of amides is 3. The number of carbonyl (C=O) groups excluding carboxylic acids is 6. The first-order valence-electron chi connectivity index (χ1n) is 42.5. The van der Waals surface area contributed by atoms with Crippen LogP contribution in [-0.4, -0.2) is 159 Å². The number of hydrogen-bond acceptors (Lipinski definition) is 26. The number of hydrogen-bond donors (Lipinski definition) is 7. The molecule has 6 aromatic rings. The summed E-state index contributed by atoms with van der Waals surface area (Å²) in [5.41, 5.74) is 1.52. The van der Waals surface area contributed by atoms with Gasteiger partial charge in [0.2, 0.25) is 5.91 Å². The fourth-order valence-corrected chi connectivity index (χ4v) is 18.9. The summed E-state index contributed by atoms with van der Waals surface area (Å²) in [4.78, 5) is 72.1. The molecule has 32 nitrogen and oxygen atoms in total. The number of nitrogens with zero attached hydrogens (tertiary/aromatic N) is 4. The molecule has 0 radical (unpaired) electrons. The van der Waals surface area contributed by atoms with Gasteiger partial charge in [-0.25, -0.2) is 22.1 Å². The van der Waals surface area contributed by atoms with Gasteiger partial charge in [-0.3, -0.25) is 28.8 Å². The summed E-state index contributed by atoms with van der Waals surface area (Å²) in [6.45, 7) is 26.9. The zero-order chi connectivity index (χ0) is 96.9. The molecule has 710 valence electrons. The Balaban J connectivity index is 0.000000178. The summed E-state index contributed by atoms with van der Waals surface area (Å²) in [7, 11) is 0.0459. The highest BCUT2D eigenvalue weighted by Gasteiger charge is 2.49. The van der Waals surface area contributed by atoms with Crippen molar-refractivity contribution in [2.24, 2.45) is 4.40 Å². The highest BCUT2D eigenvalue weighted by Crippen LogP contribution is 2.50. The molecule has 14 rings (SSSR count). The molecule has 8 heterocycles. The monoisotopic (exact) mass is 2020 g/mol. The molecule has 0 aliphatic carbocycles. The topological polar surface area (TPSA) is 449 Å². The van der Waals surface area contributed by atoms with Crippen molar-refractivity contribution < 1.29 is 108 Å². The fourth-order valence-electron chi connectivity index (χ4n) is 15.3. The van der Waals surface area contributed by atoms with Gasteiger partial charge in [0.05, 0.1) is 176 Å². The van der Waals surface area contributed by atoms with Crippen molar-refractivity contribution in [2.45, 2.75) is 202 Å². The molecule has 0 bridgehead atoms. The van der Waals surface area contributed by atoms with Crippen molar-refractivity contribution in [1.29, 1.82) is 15.8 Å². The molecule has 8 atom stereocenters. The molecular weight excluding hydrogens is 1910 g/mol. The third kappa shape index (κ3) is 26.2. The minimum absolute atomic E-state index is 0.00808. The van der Waals surface area contributed by atoms with E-state index in [0.717, 1.165) is 48.4 Å². The molecule has 6 aromatic carbocycles. The van der Waals surface area contributed by atoms with Crippen LogP contribution in [0.25, 0.3) is 0 Å². The minimum Gasteiger partial charge on any atom is -0.511 e. The van der Waals surface area contributed by atoms with Gasteiger partial charge < -0.3 is 83.0 Å². The number of rotatable bonds is 19. The normalized spacial score (nSPS) is 21.4. The summed E-state index contributed by atoms with van der Waals surface area (Å²) in [6, 6.07) is 37.9. The lowest BCUT2D eigenvalue weighted by molar-refractivity contribution is -0.144. The average Bonchev–Trinajstić information content (AvgIpc) is 0.771. The Morgan fingerprint density at radius 2 is 0.879 bits per heavy atom. The zero-order valence-corrected chi connectivity index (χ0v) is 82.7. The van der Waals surface area contributed by atoms with E-state index in [1.165, 1.54) is 33.5 Å². The minimum atomic E-state index is -1.38. The number of esters is 3. The number of aromatic hydroxyl groups is 1. The molecule has 0 saturated heterocycles. The maximum Gasteiger partial charge on any atom is 0.308 e. The average molecular weight is 2030 g/mol. The van der Waals surface area contributed by atoms with Gasteiger partial charge in [0.1, 0.15) is 98.4 Å². The maximum atomic E-state index is 12.7. The van der Waals surface area contributed by atoms with E-state index in [1.807, 2.05) is 162 Å². The molecule has 8 aliphatic rings. The van der Waals surface area contributed by atoms with E-state index in [9.17, 15) is 51.6 Å². The van der Waals surface area contributed by atoms with Gasteiger partial charge in [-0.1, -0.05) is 49.5 Å². The predicted molar refractivity (Wildman–Crippen MR) is 502 cm³/mol. The zero-order valence-electron chi connectivity index (χ0n) is 76.4. The summed E-state index contributed by atoms with van der Waals surface area (Å²) in [5, 5.41) is 55.3. The van der Waals surface area contributed by atoms with Gasteiger partial charge in [-0.15, -0.1) is 0 Å². The number of phenolic OH excluding ortho intramolecular Hbond substituents is 1. The summed E-state index contributed by atoms with van der Waals surface area (Å²) in [6.07, 6.45) is 3.66. The molecule has 8 aliphatic heterocycles. The number of nitriles is 3. The Morgan fingerprint density at radius 3 is 1.31 bits per heavy atom. The van der Waals surface area contributed by atoms with E-state index in [0.29, 0.717) is 161 Å². The Hall–Kier alpha value is -10.8. The van der Waals surface area contributed by atoms with Crippen molar-refractivity contribution in [2.75, 3.05) is 80.8 Å². The molecule has 7 N–H and O–H groups in total. The standard InChI is InChI=1S/C17H20N2O5.C16H22BrNO4S.C16H15ClN2O3.C16H16N2O4.C16H23NO5S.C13H16BrNO2S/c1-3-23-12-4-5-13-14(10-12)24-9-7-17(13,11-16(21)22-2)19-15(20)6-8-18;1-15(2,3)23(20)18-16(10-14(19)21-4)7-8-22-13-9-11(17)5-6-12(13)16;1-2-21-10-3-4-12-14(7-10)22-6-5-16(12)8-13(17)11(9-18)15(20)19-16;1-2-21-10-3-4-12-14(7-10)22-6-5-16(12)8-13(19)11(9-17)15(20)18-16;1-15(2,3)23(20)17-16(10-14(19)21-4)7-8-22-13-9-11(18)5-6-12(13)16;1-13(2,3)18(16)15-11-6-7-17-12-8-9(14)4-5-10(11)12/h4-5,10H,3,6-7,9,11H2,1-2H3,(H,19,20);5-6,9,18H,7-8,10H2,1-4H3;3-4,7H,2,5-6,8H2,1H3,(H,19,20);3-4,7,19H,2,5-6,8H2,1H3,(H,18,20);5-6,9,17-18H,7-8,10H2,1-4H3;4-5,8H,6-7H2,1-3H3/t17-;16-,23+;2*16-;16-,23+;18-/m111110/s1. The number of halogens is 3. The number of ether oxygens (including phenoxy) is 12. The molecule has 2 spiro atoms. The molecule has 3 amide bonds. The lowest BCUT2D eigenvalue weighted by Crippen LogP contribution is -2.52. The number of phenols is 1. The van der Waals surface area contributed by atoms with Gasteiger partial charge in [-0.2, -0.15) is 20.2 Å². The van der Waals surface area contributed by atoms with Crippen LogP contribution in [0.1, 0.15) is 194 Å². The summed E-state index contributed by atoms with van der Waals surface area (Å²) < 4.78 is 113. The fraction of sp³-hybridized carbons (Fsp3) is 0.468. The largest absolute Gasteiger partial charge is 0.511 e. The van der Waals surface area contributed by atoms with Crippen LogP contribution in [0.4, 0.5) is 0 Å².